The first-order valence-electron chi connectivity index (χ1n) is 6.99. The van der Waals surface area contributed by atoms with Gasteiger partial charge in [-0.25, -0.2) is 0 Å². The van der Waals surface area contributed by atoms with Crippen molar-refractivity contribution in [3.05, 3.63) is 0 Å². The van der Waals surface area contributed by atoms with Crippen molar-refractivity contribution in [2.45, 2.75) is 58.9 Å². The molecule has 2 unspecified atom stereocenters. The molecule has 1 heterocycles. The smallest absolute Gasteiger partial charge is 0.156 e. The SMILES string of the molecule is CC1CCCC(NC2=NCC(C)(C)CS2)CC1. The molecular weight excluding hydrogens is 228 g/mol. The predicted molar refractivity (Wildman–Crippen MR) is 77.7 cm³/mol. The molecule has 17 heavy (non-hydrogen) atoms. The van der Waals surface area contributed by atoms with E-state index in [1.54, 1.807) is 0 Å². The van der Waals surface area contributed by atoms with Crippen molar-refractivity contribution in [1.82, 2.24) is 5.32 Å². The molecule has 0 radical (unpaired) electrons. The standard InChI is InChI=1S/C14H26N2S/c1-11-5-4-6-12(8-7-11)16-13-15-9-14(2,3)10-17-13/h11-12H,4-10H2,1-3H3,(H,15,16). The van der Waals surface area contributed by atoms with E-state index in [-0.39, 0.29) is 0 Å². The summed E-state index contributed by atoms with van der Waals surface area (Å²) in [4.78, 5) is 4.69. The summed E-state index contributed by atoms with van der Waals surface area (Å²) < 4.78 is 0. The molecule has 1 saturated carbocycles. The molecule has 0 spiro atoms. The highest BCUT2D eigenvalue weighted by molar-refractivity contribution is 8.13. The Morgan fingerprint density at radius 3 is 2.76 bits per heavy atom. The quantitative estimate of drug-likeness (QED) is 0.722. The fourth-order valence-electron chi connectivity index (χ4n) is 2.53. The van der Waals surface area contributed by atoms with Crippen LogP contribution in [-0.2, 0) is 0 Å². The molecule has 1 N–H and O–H groups in total. The first-order valence-corrected chi connectivity index (χ1v) is 7.97. The number of amidine groups is 1. The van der Waals surface area contributed by atoms with Crippen molar-refractivity contribution in [3.63, 3.8) is 0 Å². The van der Waals surface area contributed by atoms with Gasteiger partial charge in [0.2, 0.25) is 0 Å². The van der Waals surface area contributed by atoms with E-state index in [2.05, 4.69) is 26.1 Å². The first-order chi connectivity index (χ1) is 8.05. The highest BCUT2D eigenvalue weighted by Crippen LogP contribution is 2.28. The Kier molecular flexibility index (Phi) is 4.40. The lowest BCUT2D eigenvalue weighted by atomic mass is 9.97. The van der Waals surface area contributed by atoms with Crippen LogP contribution in [0.25, 0.3) is 0 Å². The minimum atomic E-state index is 0.383. The molecule has 2 atom stereocenters. The van der Waals surface area contributed by atoms with Crippen molar-refractivity contribution >= 4 is 16.9 Å². The Morgan fingerprint density at radius 2 is 2.06 bits per heavy atom. The average Bonchev–Trinajstić information content (AvgIpc) is 2.47. The molecule has 1 fully saturated rings. The summed E-state index contributed by atoms with van der Waals surface area (Å²) in [5, 5.41) is 4.87. The van der Waals surface area contributed by atoms with E-state index in [1.807, 2.05) is 11.8 Å². The lowest BCUT2D eigenvalue weighted by molar-refractivity contribution is 0.434. The van der Waals surface area contributed by atoms with Crippen LogP contribution in [0.5, 0.6) is 0 Å². The summed E-state index contributed by atoms with van der Waals surface area (Å²) in [6, 6.07) is 0.674. The largest absolute Gasteiger partial charge is 0.362 e. The molecule has 2 aliphatic rings. The van der Waals surface area contributed by atoms with E-state index in [1.165, 1.54) is 43.0 Å². The summed E-state index contributed by atoms with van der Waals surface area (Å²) >= 11 is 1.91. The molecule has 0 amide bonds. The monoisotopic (exact) mass is 254 g/mol. The molecule has 1 aliphatic heterocycles. The van der Waals surface area contributed by atoms with Crippen LogP contribution >= 0.6 is 11.8 Å². The summed E-state index contributed by atoms with van der Waals surface area (Å²) in [5.41, 5.74) is 0.383. The number of nitrogens with zero attached hydrogens (tertiary/aromatic N) is 1. The van der Waals surface area contributed by atoms with Crippen LogP contribution in [0.15, 0.2) is 4.99 Å². The zero-order valence-corrected chi connectivity index (χ0v) is 12.3. The van der Waals surface area contributed by atoms with Gasteiger partial charge in [0.25, 0.3) is 0 Å². The topological polar surface area (TPSA) is 24.4 Å². The Labute approximate surface area is 110 Å². The third-order valence-electron chi connectivity index (χ3n) is 3.84. The minimum Gasteiger partial charge on any atom is -0.362 e. The number of rotatable bonds is 1. The second-order valence-corrected chi connectivity index (χ2v) is 7.49. The number of nitrogens with one attached hydrogen (secondary N) is 1. The van der Waals surface area contributed by atoms with Gasteiger partial charge >= 0.3 is 0 Å². The number of aliphatic imine (C=N–C) groups is 1. The second kappa shape index (κ2) is 5.64. The highest BCUT2D eigenvalue weighted by Gasteiger charge is 2.25. The summed E-state index contributed by atoms with van der Waals surface area (Å²) in [5.74, 6) is 2.11. The molecule has 2 nitrogen and oxygen atoms in total. The lowest BCUT2D eigenvalue weighted by Crippen LogP contribution is -2.37. The molecule has 98 valence electrons. The number of thioether (sulfide) groups is 1. The Balaban J connectivity index is 1.83. The van der Waals surface area contributed by atoms with Crippen LogP contribution < -0.4 is 5.32 Å². The van der Waals surface area contributed by atoms with Gasteiger partial charge in [0, 0.05) is 18.3 Å². The third kappa shape index (κ3) is 4.20. The molecule has 0 aromatic heterocycles. The van der Waals surface area contributed by atoms with Gasteiger partial charge in [-0.2, -0.15) is 0 Å². The van der Waals surface area contributed by atoms with Crippen molar-refractivity contribution in [2.24, 2.45) is 16.3 Å². The van der Waals surface area contributed by atoms with Gasteiger partial charge in [-0.15, -0.1) is 0 Å². The molecule has 0 bridgehead atoms. The van der Waals surface area contributed by atoms with Gasteiger partial charge < -0.3 is 5.32 Å². The van der Waals surface area contributed by atoms with Crippen LogP contribution in [-0.4, -0.2) is 23.5 Å². The van der Waals surface area contributed by atoms with Crippen molar-refractivity contribution in [1.29, 1.82) is 0 Å². The maximum atomic E-state index is 4.69. The minimum absolute atomic E-state index is 0.383. The van der Waals surface area contributed by atoms with Crippen molar-refractivity contribution < 1.29 is 0 Å². The van der Waals surface area contributed by atoms with Gasteiger partial charge in [0.1, 0.15) is 0 Å². The third-order valence-corrected chi connectivity index (χ3v) is 5.28. The van der Waals surface area contributed by atoms with E-state index in [0.29, 0.717) is 11.5 Å². The number of hydrogen-bond acceptors (Lipinski definition) is 3. The Bertz CT molecular complexity index is 286. The second-order valence-electron chi connectivity index (χ2n) is 6.53. The van der Waals surface area contributed by atoms with Crippen molar-refractivity contribution in [3.8, 4) is 0 Å². The van der Waals surface area contributed by atoms with Crippen LogP contribution in [0.3, 0.4) is 0 Å². The fraction of sp³-hybridized carbons (Fsp3) is 0.929. The maximum Gasteiger partial charge on any atom is 0.156 e. The van der Waals surface area contributed by atoms with Gasteiger partial charge in [0.15, 0.2) is 5.17 Å². The Morgan fingerprint density at radius 1 is 1.24 bits per heavy atom. The van der Waals surface area contributed by atoms with E-state index < -0.39 is 0 Å². The van der Waals surface area contributed by atoms with E-state index in [4.69, 9.17) is 4.99 Å². The lowest BCUT2D eigenvalue weighted by Gasteiger charge is -2.29. The molecule has 3 heteroatoms. The zero-order valence-electron chi connectivity index (χ0n) is 11.5. The fourth-order valence-corrected chi connectivity index (χ4v) is 3.56. The summed E-state index contributed by atoms with van der Waals surface area (Å²) in [6.45, 7) is 7.96. The first kappa shape index (κ1) is 13.3. The number of hydrogen-bond donors (Lipinski definition) is 1. The normalized spacial score (nSPS) is 33.7. The maximum absolute atomic E-state index is 4.69. The van der Waals surface area contributed by atoms with Crippen LogP contribution in [0.4, 0.5) is 0 Å². The van der Waals surface area contributed by atoms with Crippen molar-refractivity contribution in [2.75, 3.05) is 12.3 Å². The van der Waals surface area contributed by atoms with E-state index >= 15 is 0 Å². The van der Waals surface area contributed by atoms with Crippen LogP contribution in [0.1, 0.15) is 52.9 Å². The van der Waals surface area contributed by atoms with Gasteiger partial charge in [-0.3, -0.25) is 4.99 Å². The average molecular weight is 254 g/mol. The highest BCUT2D eigenvalue weighted by atomic mass is 32.2. The van der Waals surface area contributed by atoms with Gasteiger partial charge in [0.05, 0.1) is 0 Å². The van der Waals surface area contributed by atoms with E-state index in [0.717, 1.165) is 12.5 Å². The zero-order chi connectivity index (χ0) is 12.3. The van der Waals surface area contributed by atoms with Gasteiger partial charge in [-0.05, 0) is 30.6 Å². The summed E-state index contributed by atoms with van der Waals surface area (Å²) in [7, 11) is 0. The molecule has 0 aromatic carbocycles. The molecular formula is C14H26N2S. The molecule has 1 aliphatic carbocycles. The molecule has 2 rings (SSSR count). The Hall–Kier alpha value is -0.180. The van der Waals surface area contributed by atoms with E-state index in [9.17, 15) is 0 Å². The predicted octanol–water partition coefficient (Wildman–Crippen LogP) is 3.67. The van der Waals surface area contributed by atoms with Gasteiger partial charge in [-0.1, -0.05) is 45.4 Å². The van der Waals surface area contributed by atoms with Crippen LogP contribution in [0.2, 0.25) is 0 Å². The van der Waals surface area contributed by atoms with Crippen LogP contribution in [0, 0.1) is 11.3 Å². The molecule has 0 aromatic rings. The molecule has 0 saturated heterocycles. The summed E-state index contributed by atoms with van der Waals surface area (Å²) in [6.07, 6.45) is 6.81.